The molecule has 0 aliphatic carbocycles. The number of amides is 1. The molecule has 0 unspecified atom stereocenters. The number of carbonyl (C=O) groups excluding carboxylic acids is 1. The van der Waals surface area contributed by atoms with E-state index in [0.717, 1.165) is 22.2 Å². The highest BCUT2D eigenvalue weighted by Crippen LogP contribution is 2.25. The summed E-state index contributed by atoms with van der Waals surface area (Å²) in [4.78, 5) is 19.7. The second-order valence-electron chi connectivity index (χ2n) is 6.19. The quantitative estimate of drug-likeness (QED) is 0.753. The molecule has 4 heteroatoms. The Morgan fingerprint density at radius 3 is 2.65 bits per heavy atom. The molecule has 0 saturated heterocycles. The molecule has 1 heterocycles. The maximum atomic E-state index is 12.3. The fraction of sp³-hybridized carbons (Fsp3) is 0.263. The van der Waals surface area contributed by atoms with E-state index in [1.54, 1.807) is 6.33 Å². The number of aromatic nitrogens is 2. The van der Waals surface area contributed by atoms with E-state index in [1.165, 1.54) is 0 Å². The summed E-state index contributed by atoms with van der Waals surface area (Å²) in [6.45, 7) is 4.10. The number of rotatable bonds is 5. The Hall–Kier alpha value is -2.62. The number of H-pyrrole nitrogens is 1. The molecule has 3 aromatic rings. The number of nitrogens with zero attached hydrogens (tertiary/aromatic N) is 1. The van der Waals surface area contributed by atoms with Crippen LogP contribution >= 0.6 is 0 Å². The number of benzene rings is 2. The number of fused-ring (bicyclic) bond motifs is 1. The van der Waals surface area contributed by atoms with Gasteiger partial charge in [-0.05, 0) is 29.2 Å². The normalized spacial score (nSPS) is 12.5. The van der Waals surface area contributed by atoms with Crippen molar-refractivity contribution in [1.29, 1.82) is 0 Å². The van der Waals surface area contributed by atoms with Gasteiger partial charge in [-0.15, -0.1) is 0 Å². The Kier molecular flexibility index (Phi) is 4.42. The van der Waals surface area contributed by atoms with Crippen molar-refractivity contribution in [3.05, 3.63) is 66.0 Å². The standard InChI is InChI=1S/C19H21N3O/c1-13(2)10-18(23)22-19(14-6-4-3-5-7-14)15-8-9-16-17(11-15)21-12-20-16/h3-9,11-13,19H,10H2,1-2H3,(H,20,21)(H,22,23)/t19-/m0/s1. The molecule has 0 saturated carbocycles. The first-order chi connectivity index (χ1) is 11.1. The minimum absolute atomic E-state index is 0.0681. The molecule has 0 bridgehead atoms. The summed E-state index contributed by atoms with van der Waals surface area (Å²) in [5.74, 6) is 0.403. The Morgan fingerprint density at radius 1 is 1.13 bits per heavy atom. The van der Waals surface area contributed by atoms with E-state index in [-0.39, 0.29) is 11.9 Å². The van der Waals surface area contributed by atoms with E-state index in [0.29, 0.717) is 12.3 Å². The molecular weight excluding hydrogens is 286 g/mol. The van der Waals surface area contributed by atoms with E-state index in [4.69, 9.17) is 0 Å². The highest BCUT2D eigenvalue weighted by Gasteiger charge is 2.18. The van der Waals surface area contributed by atoms with Gasteiger partial charge in [-0.3, -0.25) is 4.79 Å². The third kappa shape index (κ3) is 3.59. The van der Waals surface area contributed by atoms with Gasteiger partial charge in [0.25, 0.3) is 0 Å². The Bertz CT molecular complexity index is 792. The first-order valence-corrected chi connectivity index (χ1v) is 7.91. The van der Waals surface area contributed by atoms with Crippen LogP contribution in [0.25, 0.3) is 11.0 Å². The first kappa shape index (κ1) is 15.3. The molecular formula is C19H21N3O. The third-order valence-corrected chi connectivity index (χ3v) is 3.81. The average molecular weight is 307 g/mol. The van der Waals surface area contributed by atoms with Gasteiger partial charge >= 0.3 is 0 Å². The van der Waals surface area contributed by atoms with Crippen LogP contribution in [0.5, 0.6) is 0 Å². The Morgan fingerprint density at radius 2 is 1.91 bits per heavy atom. The van der Waals surface area contributed by atoms with Crippen LogP contribution in [-0.4, -0.2) is 15.9 Å². The molecule has 118 valence electrons. The lowest BCUT2D eigenvalue weighted by molar-refractivity contribution is -0.122. The third-order valence-electron chi connectivity index (χ3n) is 3.81. The summed E-state index contributed by atoms with van der Waals surface area (Å²) < 4.78 is 0. The van der Waals surface area contributed by atoms with Gasteiger partial charge in [-0.25, -0.2) is 4.98 Å². The van der Waals surface area contributed by atoms with Crippen LogP contribution in [0.4, 0.5) is 0 Å². The lowest BCUT2D eigenvalue weighted by atomic mass is 9.97. The number of carbonyl (C=O) groups is 1. The van der Waals surface area contributed by atoms with Gasteiger partial charge in [-0.2, -0.15) is 0 Å². The second kappa shape index (κ2) is 6.65. The zero-order chi connectivity index (χ0) is 16.2. The first-order valence-electron chi connectivity index (χ1n) is 7.91. The van der Waals surface area contributed by atoms with Gasteiger partial charge < -0.3 is 10.3 Å². The van der Waals surface area contributed by atoms with Crippen LogP contribution in [0.3, 0.4) is 0 Å². The smallest absolute Gasteiger partial charge is 0.221 e. The van der Waals surface area contributed by atoms with Gasteiger partial charge in [0.15, 0.2) is 0 Å². The largest absolute Gasteiger partial charge is 0.345 e. The number of nitrogens with one attached hydrogen (secondary N) is 2. The van der Waals surface area contributed by atoms with E-state index in [2.05, 4.69) is 21.4 Å². The number of hydrogen-bond acceptors (Lipinski definition) is 2. The highest BCUT2D eigenvalue weighted by atomic mass is 16.1. The predicted octanol–water partition coefficient (Wildman–Crippen LogP) is 3.81. The Balaban J connectivity index is 1.95. The molecule has 0 aliphatic rings. The van der Waals surface area contributed by atoms with Crippen LogP contribution in [-0.2, 0) is 4.79 Å². The molecule has 1 amide bonds. The maximum absolute atomic E-state index is 12.3. The summed E-state index contributed by atoms with van der Waals surface area (Å²) in [6.07, 6.45) is 2.21. The van der Waals surface area contributed by atoms with Gasteiger partial charge in [0.2, 0.25) is 5.91 Å². The van der Waals surface area contributed by atoms with Crippen molar-refractivity contribution in [2.75, 3.05) is 0 Å². The van der Waals surface area contributed by atoms with Crippen molar-refractivity contribution in [3.8, 4) is 0 Å². The summed E-state index contributed by atoms with van der Waals surface area (Å²) in [6, 6.07) is 15.9. The van der Waals surface area contributed by atoms with E-state index >= 15 is 0 Å². The Labute approximate surface area is 136 Å². The zero-order valence-electron chi connectivity index (χ0n) is 13.4. The summed E-state index contributed by atoms with van der Waals surface area (Å²) in [5, 5.41) is 3.16. The molecule has 2 N–H and O–H groups in total. The van der Waals surface area contributed by atoms with Crippen LogP contribution in [0.2, 0.25) is 0 Å². The van der Waals surface area contributed by atoms with Crippen LogP contribution in [0.15, 0.2) is 54.9 Å². The molecule has 2 aromatic carbocycles. The minimum atomic E-state index is -0.157. The van der Waals surface area contributed by atoms with Crippen molar-refractivity contribution >= 4 is 16.9 Å². The average Bonchev–Trinajstić information content (AvgIpc) is 3.00. The topological polar surface area (TPSA) is 57.8 Å². The SMILES string of the molecule is CC(C)CC(=O)N[C@@H](c1ccccc1)c1ccc2nc[nH]c2c1. The van der Waals surface area contributed by atoms with Gasteiger partial charge in [0, 0.05) is 6.42 Å². The molecule has 0 fully saturated rings. The van der Waals surface area contributed by atoms with Crippen molar-refractivity contribution in [3.63, 3.8) is 0 Å². The lowest BCUT2D eigenvalue weighted by Gasteiger charge is -2.20. The minimum Gasteiger partial charge on any atom is -0.345 e. The van der Waals surface area contributed by atoms with Gasteiger partial charge in [-0.1, -0.05) is 50.2 Å². The number of hydrogen-bond donors (Lipinski definition) is 2. The van der Waals surface area contributed by atoms with Crippen molar-refractivity contribution < 1.29 is 4.79 Å². The molecule has 3 rings (SSSR count). The van der Waals surface area contributed by atoms with Gasteiger partial charge in [0.05, 0.1) is 23.4 Å². The fourth-order valence-corrected chi connectivity index (χ4v) is 2.73. The van der Waals surface area contributed by atoms with E-state index < -0.39 is 0 Å². The van der Waals surface area contributed by atoms with Crippen LogP contribution < -0.4 is 5.32 Å². The van der Waals surface area contributed by atoms with Gasteiger partial charge in [0.1, 0.15) is 0 Å². The maximum Gasteiger partial charge on any atom is 0.221 e. The monoisotopic (exact) mass is 307 g/mol. The molecule has 0 radical (unpaired) electrons. The second-order valence-corrected chi connectivity index (χ2v) is 6.19. The molecule has 23 heavy (non-hydrogen) atoms. The zero-order valence-corrected chi connectivity index (χ0v) is 13.4. The summed E-state index contributed by atoms with van der Waals surface area (Å²) in [5.41, 5.74) is 4.02. The molecule has 4 nitrogen and oxygen atoms in total. The van der Waals surface area contributed by atoms with Crippen molar-refractivity contribution in [2.45, 2.75) is 26.3 Å². The molecule has 1 aromatic heterocycles. The number of aromatic amines is 1. The van der Waals surface area contributed by atoms with Crippen molar-refractivity contribution in [1.82, 2.24) is 15.3 Å². The number of imidazole rings is 1. The lowest BCUT2D eigenvalue weighted by Crippen LogP contribution is -2.30. The van der Waals surface area contributed by atoms with E-state index in [1.807, 2.05) is 56.3 Å². The molecule has 0 aliphatic heterocycles. The summed E-state index contributed by atoms with van der Waals surface area (Å²) >= 11 is 0. The van der Waals surface area contributed by atoms with Crippen LogP contribution in [0, 0.1) is 5.92 Å². The molecule has 0 spiro atoms. The fourth-order valence-electron chi connectivity index (χ4n) is 2.73. The van der Waals surface area contributed by atoms with Crippen LogP contribution in [0.1, 0.15) is 37.4 Å². The summed E-state index contributed by atoms with van der Waals surface area (Å²) in [7, 11) is 0. The van der Waals surface area contributed by atoms with E-state index in [9.17, 15) is 4.79 Å². The molecule has 1 atom stereocenters. The highest BCUT2D eigenvalue weighted by molar-refractivity contribution is 5.78. The predicted molar refractivity (Wildman–Crippen MR) is 92.0 cm³/mol. The van der Waals surface area contributed by atoms with Crippen molar-refractivity contribution in [2.24, 2.45) is 5.92 Å².